The van der Waals surface area contributed by atoms with E-state index in [1.165, 1.54) is 11.8 Å². The summed E-state index contributed by atoms with van der Waals surface area (Å²) in [4.78, 5) is 22.7. The van der Waals surface area contributed by atoms with Crippen molar-refractivity contribution in [1.29, 1.82) is 0 Å². The van der Waals surface area contributed by atoms with Gasteiger partial charge in [0.2, 0.25) is 5.91 Å². The van der Waals surface area contributed by atoms with E-state index in [9.17, 15) is 9.59 Å². The summed E-state index contributed by atoms with van der Waals surface area (Å²) in [5.74, 6) is 0.743. The molecule has 0 unspecified atom stereocenters. The van der Waals surface area contributed by atoms with Crippen molar-refractivity contribution in [3.8, 4) is 11.5 Å². The summed E-state index contributed by atoms with van der Waals surface area (Å²) in [6.07, 6.45) is 1.13. The summed E-state index contributed by atoms with van der Waals surface area (Å²) in [6.45, 7) is 0.954. The molecule has 2 N–H and O–H groups in total. The highest BCUT2D eigenvalue weighted by Gasteiger charge is 2.11. The van der Waals surface area contributed by atoms with Crippen molar-refractivity contribution in [1.82, 2.24) is 5.32 Å². The Kier molecular flexibility index (Phi) is 5.74. The summed E-state index contributed by atoms with van der Waals surface area (Å²) < 4.78 is 11.1. The number of carboxylic acids is 1. The second kappa shape index (κ2) is 7.78. The number of amides is 1. The van der Waals surface area contributed by atoms with E-state index in [4.69, 9.17) is 14.6 Å². The highest BCUT2D eigenvalue weighted by Crippen LogP contribution is 2.33. The zero-order valence-corrected chi connectivity index (χ0v) is 12.3. The van der Waals surface area contributed by atoms with Gasteiger partial charge in [-0.1, -0.05) is 0 Å². The van der Waals surface area contributed by atoms with Crippen molar-refractivity contribution in [3.05, 3.63) is 18.2 Å². The minimum Gasteiger partial charge on any atom is -0.490 e. The predicted molar refractivity (Wildman–Crippen MR) is 78.0 cm³/mol. The predicted octanol–water partition coefficient (Wildman–Crippen LogP) is 1.53. The van der Waals surface area contributed by atoms with Gasteiger partial charge in [-0.15, -0.1) is 11.8 Å². The first-order chi connectivity index (χ1) is 10.1. The topological polar surface area (TPSA) is 84.9 Å². The Hall–Kier alpha value is -1.89. The summed E-state index contributed by atoms with van der Waals surface area (Å²) >= 11 is 1.52. The number of aliphatic carboxylic acids is 1. The van der Waals surface area contributed by atoms with Crippen molar-refractivity contribution in [3.63, 3.8) is 0 Å². The number of carbonyl (C=O) groups excluding carboxylic acids is 1. The van der Waals surface area contributed by atoms with Crippen LogP contribution in [-0.2, 0) is 9.59 Å². The van der Waals surface area contributed by atoms with Crippen LogP contribution in [0.3, 0.4) is 0 Å². The molecular formula is C14H17NO5S. The molecule has 0 aromatic heterocycles. The monoisotopic (exact) mass is 311 g/mol. The van der Waals surface area contributed by atoms with Crippen molar-refractivity contribution < 1.29 is 24.2 Å². The van der Waals surface area contributed by atoms with Crippen LogP contribution in [0.4, 0.5) is 0 Å². The molecule has 0 spiro atoms. The summed E-state index contributed by atoms with van der Waals surface area (Å²) in [7, 11) is 0. The van der Waals surface area contributed by atoms with Gasteiger partial charge in [-0.05, 0) is 18.2 Å². The minimum absolute atomic E-state index is 0.265. The van der Waals surface area contributed by atoms with Crippen LogP contribution >= 0.6 is 11.8 Å². The largest absolute Gasteiger partial charge is 0.490 e. The van der Waals surface area contributed by atoms with Gasteiger partial charge in [0.25, 0.3) is 0 Å². The lowest BCUT2D eigenvalue weighted by Gasteiger charge is -2.09. The van der Waals surface area contributed by atoms with Crippen LogP contribution in [0.15, 0.2) is 23.1 Å². The first-order valence-corrected chi connectivity index (χ1v) is 7.64. The molecule has 1 aliphatic heterocycles. The number of ether oxygens (including phenoxy) is 2. The van der Waals surface area contributed by atoms with E-state index in [1.54, 1.807) is 0 Å². The average molecular weight is 311 g/mol. The van der Waals surface area contributed by atoms with Crippen LogP contribution in [0, 0.1) is 0 Å². The number of thioether (sulfide) groups is 1. The Labute approximate surface area is 126 Å². The lowest BCUT2D eigenvalue weighted by molar-refractivity contribution is -0.137. The molecule has 0 saturated carbocycles. The van der Waals surface area contributed by atoms with Crippen LogP contribution in [0.25, 0.3) is 0 Å². The average Bonchev–Trinajstić information content (AvgIpc) is 2.70. The van der Waals surface area contributed by atoms with E-state index in [1.807, 2.05) is 18.2 Å². The van der Waals surface area contributed by atoms with Crippen molar-refractivity contribution in [2.24, 2.45) is 0 Å². The van der Waals surface area contributed by atoms with Gasteiger partial charge in [0, 0.05) is 23.5 Å². The van der Waals surface area contributed by atoms with Crippen molar-refractivity contribution in [2.75, 3.05) is 25.5 Å². The van der Waals surface area contributed by atoms with E-state index in [0.29, 0.717) is 19.0 Å². The maximum absolute atomic E-state index is 11.4. The molecule has 114 valence electrons. The van der Waals surface area contributed by atoms with Gasteiger partial charge in [0.15, 0.2) is 11.5 Å². The smallest absolute Gasteiger partial charge is 0.322 e. The molecule has 1 aliphatic rings. The third-order valence-electron chi connectivity index (χ3n) is 2.75. The fourth-order valence-electron chi connectivity index (χ4n) is 1.76. The third kappa shape index (κ3) is 5.18. The molecule has 0 radical (unpaired) electrons. The molecule has 0 fully saturated rings. The third-order valence-corrected chi connectivity index (χ3v) is 3.75. The number of fused-ring (bicyclic) bond motifs is 1. The number of benzene rings is 1. The molecule has 1 heterocycles. The van der Waals surface area contributed by atoms with Gasteiger partial charge in [0.05, 0.1) is 13.2 Å². The number of rotatable bonds is 6. The van der Waals surface area contributed by atoms with Crippen LogP contribution in [0.2, 0.25) is 0 Å². The first-order valence-electron chi connectivity index (χ1n) is 6.66. The highest BCUT2D eigenvalue weighted by molar-refractivity contribution is 7.99. The zero-order valence-electron chi connectivity index (χ0n) is 11.5. The Bertz CT molecular complexity index is 520. The molecule has 6 nitrogen and oxygen atoms in total. The maximum Gasteiger partial charge on any atom is 0.322 e. The molecule has 7 heteroatoms. The summed E-state index contributed by atoms with van der Waals surface area (Å²) in [5, 5.41) is 10.8. The number of carbonyl (C=O) groups is 2. The van der Waals surface area contributed by atoms with Crippen LogP contribution < -0.4 is 14.8 Å². The second-order valence-corrected chi connectivity index (χ2v) is 5.60. The number of carboxylic acid groups (broad SMARTS) is 1. The van der Waals surface area contributed by atoms with Gasteiger partial charge < -0.3 is 19.9 Å². The van der Waals surface area contributed by atoms with Gasteiger partial charge in [-0.25, -0.2) is 0 Å². The number of hydrogen-bond acceptors (Lipinski definition) is 5. The number of hydrogen-bond donors (Lipinski definition) is 2. The molecule has 21 heavy (non-hydrogen) atoms. The molecule has 1 aromatic carbocycles. The quantitative estimate of drug-likeness (QED) is 0.775. The molecule has 0 aliphatic carbocycles. The standard InChI is InChI=1S/C14H17NO5S/c16-13(15-9-14(17)18)4-7-21-10-2-3-11-12(8-10)20-6-1-5-19-11/h2-3,8H,1,4-7,9H2,(H,15,16)(H,17,18). The van der Waals surface area contributed by atoms with Gasteiger partial charge >= 0.3 is 5.97 Å². The summed E-state index contributed by atoms with van der Waals surface area (Å²) in [5.41, 5.74) is 0. The van der Waals surface area contributed by atoms with Gasteiger partial charge in [-0.2, -0.15) is 0 Å². The zero-order chi connectivity index (χ0) is 15.1. The van der Waals surface area contributed by atoms with Crippen LogP contribution in [0.5, 0.6) is 11.5 Å². The normalized spacial score (nSPS) is 13.3. The Morgan fingerprint density at radius 1 is 1.24 bits per heavy atom. The molecule has 1 amide bonds. The highest BCUT2D eigenvalue weighted by atomic mass is 32.2. The lowest BCUT2D eigenvalue weighted by Crippen LogP contribution is -2.29. The van der Waals surface area contributed by atoms with Crippen molar-refractivity contribution in [2.45, 2.75) is 17.7 Å². The Morgan fingerprint density at radius 3 is 2.76 bits per heavy atom. The van der Waals surface area contributed by atoms with Crippen LogP contribution in [0.1, 0.15) is 12.8 Å². The number of nitrogens with one attached hydrogen (secondary N) is 1. The first kappa shape index (κ1) is 15.5. The maximum atomic E-state index is 11.4. The molecular weight excluding hydrogens is 294 g/mol. The van der Waals surface area contributed by atoms with E-state index in [0.717, 1.165) is 22.8 Å². The van der Waals surface area contributed by atoms with Gasteiger partial charge in [-0.3, -0.25) is 9.59 Å². The van der Waals surface area contributed by atoms with Crippen LogP contribution in [-0.4, -0.2) is 42.5 Å². The van der Waals surface area contributed by atoms with Crippen molar-refractivity contribution >= 4 is 23.6 Å². The fraction of sp³-hybridized carbons (Fsp3) is 0.429. The fourth-order valence-corrected chi connectivity index (χ4v) is 2.64. The van der Waals surface area contributed by atoms with E-state index >= 15 is 0 Å². The van der Waals surface area contributed by atoms with E-state index in [2.05, 4.69) is 5.32 Å². The molecule has 0 atom stereocenters. The Balaban J connectivity index is 1.79. The molecule has 0 bridgehead atoms. The minimum atomic E-state index is -1.04. The summed E-state index contributed by atoms with van der Waals surface area (Å²) in [6, 6.07) is 5.70. The Morgan fingerprint density at radius 2 is 2.00 bits per heavy atom. The molecule has 0 saturated heterocycles. The SMILES string of the molecule is O=C(O)CNC(=O)CCSc1ccc2c(c1)OCCCO2. The van der Waals surface area contributed by atoms with Gasteiger partial charge in [0.1, 0.15) is 6.54 Å². The molecule has 1 aromatic rings. The lowest BCUT2D eigenvalue weighted by atomic mass is 10.3. The van der Waals surface area contributed by atoms with E-state index < -0.39 is 5.97 Å². The second-order valence-electron chi connectivity index (χ2n) is 4.43. The van der Waals surface area contributed by atoms with E-state index in [-0.39, 0.29) is 18.9 Å². The molecule has 2 rings (SSSR count).